The van der Waals surface area contributed by atoms with E-state index in [1.807, 2.05) is 13.8 Å². The number of nitrogens with one attached hydrogen (secondary N) is 1. The molecule has 0 aromatic heterocycles. The van der Waals surface area contributed by atoms with Gasteiger partial charge in [-0.3, -0.25) is 4.79 Å². The Morgan fingerprint density at radius 2 is 2.00 bits per heavy atom. The number of carbonyl (C=O) groups excluding carboxylic acids is 1. The number of likely N-dealkylation sites (tertiary alicyclic amines) is 1. The lowest BCUT2D eigenvalue weighted by Crippen LogP contribution is -2.45. The van der Waals surface area contributed by atoms with Crippen LogP contribution in [0.3, 0.4) is 0 Å². The van der Waals surface area contributed by atoms with Crippen LogP contribution in [0.4, 0.5) is 0 Å². The van der Waals surface area contributed by atoms with Crippen LogP contribution in [0.25, 0.3) is 6.08 Å². The number of halogens is 1. The van der Waals surface area contributed by atoms with Gasteiger partial charge in [0.15, 0.2) is 11.5 Å². The Balaban J connectivity index is 2.00. The summed E-state index contributed by atoms with van der Waals surface area (Å²) in [5.74, 6) is 1.23. The van der Waals surface area contributed by atoms with Gasteiger partial charge in [0.05, 0.1) is 25.0 Å². The van der Waals surface area contributed by atoms with Crippen molar-refractivity contribution in [3.8, 4) is 11.5 Å². The minimum Gasteiger partial charge on any atom is -0.493 e. The maximum absolute atomic E-state index is 12.5. The Morgan fingerprint density at radius 3 is 2.55 bits per heavy atom. The zero-order valence-electron chi connectivity index (χ0n) is 17.3. The van der Waals surface area contributed by atoms with Crippen LogP contribution in [0.2, 0.25) is 5.02 Å². The van der Waals surface area contributed by atoms with Crippen molar-refractivity contribution in [1.29, 1.82) is 0 Å². The van der Waals surface area contributed by atoms with Gasteiger partial charge in [0.1, 0.15) is 0 Å². The molecular weight excluding hydrogens is 416 g/mol. The fourth-order valence-corrected chi connectivity index (χ4v) is 4.13. The summed E-state index contributed by atoms with van der Waals surface area (Å²) in [5.41, 5.74) is 0.728. The second-order valence-electron chi connectivity index (χ2n) is 7.56. The van der Waals surface area contributed by atoms with E-state index in [4.69, 9.17) is 21.1 Å². The van der Waals surface area contributed by atoms with Crippen molar-refractivity contribution in [1.82, 2.24) is 9.62 Å². The van der Waals surface area contributed by atoms with Crippen molar-refractivity contribution in [2.75, 3.05) is 33.1 Å². The van der Waals surface area contributed by atoms with Crippen LogP contribution in [0.5, 0.6) is 11.5 Å². The van der Waals surface area contributed by atoms with Gasteiger partial charge in [0.25, 0.3) is 0 Å². The number of sulfonamides is 1. The molecule has 0 radical (unpaired) electrons. The number of methoxy groups -OCH3 is 1. The zero-order valence-corrected chi connectivity index (χ0v) is 18.8. The molecule has 0 saturated carbocycles. The number of amides is 1. The second-order valence-corrected chi connectivity index (χ2v) is 9.75. The number of carbonyl (C=O) groups is 1. The SMILES string of the molecule is COc1cc(/C=C/C(=O)N2CCC(NS(C)(=O)=O)CC2)cc(Cl)c1OCC(C)C. The molecule has 1 fully saturated rings. The predicted octanol–water partition coefficient (Wildman–Crippen LogP) is 2.94. The molecule has 29 heavy (non-hydrogen) atoms. The summed E-state index contributed by atoms with van der Waals surface area (Å²) in [6.07, 6.45) is 5.50. The fourth-order valence-electron chi connectivity index (χ4n) is 3.02. The smallest absolute Gasteiger partial charge is 0.246 e. The van der Waals surface area contributed by atoms with E-state index in [1.165, 1.54) is 6.08 Å². The molecule has 0 aliphatic carbocycles. The summed E-state index contributed by atoms with van der Waals surface area (Å²) in [6, 6.07) is 3.37. The third-order valence-electron chi connectivity index (χ3n) is 4.42. The van der Waals surface area contributed by atoms with Crippen LogP contribution >= 0.6 is 11.6 Å². The Hall–Kier alpha value is -1.77. The fraction of sp³-hybridized carbons (Fsp3) is 0.550. The second kappa shape index (κ2) is 10.3. The Bertz CT molecular complexity index is 847. The topological polar surface area (TPSA) is 84.9 Å². The first-order valence-corrected chi connectivity index (χ1v) is 11.8. The highest BCUT2D eigenvalue weighted by Crippen LogP contribution is 2.37. The Kier molecular flexibility index (Phi) is 8.36. The van der Waals surface area contributed by atoms with Crippen LogP contribution in [0.1, 0.15) is 32.3 Å². The van der Waals surface area contributed by atoms with Crippen molar-refractivity contribution in [2.45, 2.75) is 32.7 Å². The molecule has 2 rings (SSSR count). The van der Waals surface area contributed by atoms with Gasteiger partial charge in [-0.2, -0.15) is 0 Å². The van der Waals surface area contributed by atoms with Crippen LogP contribution in [-0.4, -0.2) is 58.3 Å². The standard InChI is InChI=1S/C20H29ClN2O5S/c1-14(2)13-28-20-17(21)11-15(12-18(20)27-3)5-6-19(24)23-9-7-16(8-10-23)22-29(4,25)26/h5-6,11-12,14,16,22H,7-10,13H2,1-4H3/b6-5+. The molecule has 0 bridgehead atoms. The lowest BCUT2D eigenvalue weighted by molar-refractivity contribution is -0.126. The van der Waals surface area contributed by atoms with Crippen molar-refractivity contribution in [3.05, 3.63) is 28.8 Å². The van der Waals surface area contributed by atoms with Gasteiger partial charge in [-0.05, 0) is 42.5 Å². The minimum atomic E-state index is -3.23. The van der Waals surface area contributed by atoms with Crippen molar-refractivity contribution < 1.29 is 22.7 Å². The number of hydrogen-bond donors (Lipinski definition) is 1. The molecule has 1 aromatic rings. The molecular formula is C20H29ClN2O5S. The summed E-state index contributed by atoms with van der Waals surface area (Å²) < 4.78 is 36.3. The molecule has 7 nitrogen and oxygen atoms in total. The average Bonchev–Trinajstić information content (AvgIpc) is 2.63. The summed E-state index contributed by atoms with van der Waals surface area (Å²) >= 11 is 6.34. The molecule has 1 N–H and O–H groups in total. The first kappa shape index (κ1) is 23.5. The highest BCUT2D eigenvalue weighted by Gasteiger charge is 2.23. The molecule has 1 heterocycles. The molecule has 1 amide bonds. The lowest BCUT2D eigenvalue weighted by atomic mass is 10.1. The highest BCUT2D eigenvalue weighted by atomic mass is 35.5. The van der Waals surface area contributed by atoms with E-state index in [0.29, 0.717) is 55.0 Å². The van der Waals surface area contributed by atoms with Gasteiger partial charge in [-0.1, -0.05) is 25.4 Å². The van der Waals surface area contributed by atoms with E-state index < -0.39 is 10.0 Å². The third kappa shape index (κ3) is 7.53. The largest absolute Gasteiger partial charge is 0.493 e. The molecule has 1 aliphatic heterocycles. The van der Waals surface area contributed by atoms with Crippen LogP contribution < -0.4 is 14.2 Å². The first-order chi connectivity index (χ1) is 13.6. The maximum Gasteiger partial charge on any atom is 0.246 e. The zero-order chi connectivity index (χ0) is 21.6. The highest BCUT2D eigenvalue weighted by molar-refractivity contribution is 7.88. The third-order valence-corrected chi connectivity index (χ3v) is 5.46. The predicted molar refractivity (Wildman–Crippen MR) is 115 cm³/mol. The van der Waals surface area contributed by atoms with Gasteiger partial charge in [-0.25, -0.2) is 13.1 Å². The Morgan fingerprint density at radius 1 is 1.34 bits per heavy atom. The molecule has 0 unspecified atom stereocenters. The first-order valence-electron chi connectivity index (χ1n) is 9.53. The van der Waals surface area contributed by atoms with Crippen LogP contribution in [0, 0.1) is 5.92 Å². The van der Waals surface area contributed by atoms with E-state index in [-0.39, 0.29) is 11.9 Å². The molecule has 0 atom stereocenters. The van der Waals surface area contributed by atoms with Gasteiger partial charge in [0, 0.05) is 25.2 Å². The van der Waals surface area contributed by atoms with Crippen molar-refractivity contribution in [3.63, 3.8) is 0 Å². The molecule has 1 saturated heterocycles. The molecule has 1 aliphatic rings. The van der Waals surface area contributed by atoms with Gasteiger partial charge < -0.3 is 14.4 Å². The average molecular weight is 445 g/mol. The van der Waals surface area contributed by atoms with E-state index in [2.05, 4.69) is 4.72 Å². The van der Waals surface area contributed by atoms with Gasteiger partial charge >= 0.3 is 0 Å². The number of nitrogens with zero attached hydrogens (tertiary/aromatic N) is 1. The summed E-state index contributed by atoms with van der Waals surface area (Å²) in [6.45, 7) is 5.62. The number of piperidine rings is 1. The van der Waals surface area contributed by atoms with Gasteiger partial charge in [0.2, 0.25) is 15.9 Å². The summed E-state index contributed by atoms with van der Waals surface area (Å²) in [5, 5.41) is 0.421. The molecule has 0 spiro atoms. The maximum atomic E-state index is 12.5. The van der Waals surface area contributed by atoms with E-state index >= 15 is 0 Å². The summed E-state index contributed by atoms with van der Waals surface area (Å²) in [7, 11) is -1.69. The number of ether oxygens (including phenoxy) is 2. The Labute approximate surface area is 178 Å². The molecule has 1 aromatic carbocycles. The number of benzene rings is 1. The molecule has 162 valence electrons. The van der Waals surface area contributed by atoms with Crippen molar-refractivity contribution >= 4 is 33.6 Å². The van der Waals surface area contributed by atoms with Crippen LogP contribution in [0.15, 0.2) is 18.2 Å². The monoisotopic (exact) mass is 444 g/mol. The minimum absolute atomic E-state index is 0.125. The van der Waals surface area contributed by atoms with E-state index in [1.54, 1.807) is 30.2 Å². The molecule has 9 heteroatoms. The number of hydrogen-bond acceptors (Lipinski definition) is 5. The van der Waals surface area contributed by atoms with E-state index in [0.717, 1.165) is 11.8 Å². The number of rotatable bonds is 8. The lowest BCUT2D eigenvalue weighted by Gasteiger charge is -2.31. The van der Waals surface area contributed by atoms with Crippen LogP contribution in [-0.2, 0) is 14.8 Å². The summed E-state index contributed by atoms with van der Waals surface area (Å²) in [4.78, 5) is 14.2. The normalized spacial score (nSPS) is 15.9. The van der Waals surface area contributed by atoms with Crippen molar-refractivity contribution in [2.24, 2.45) is 5.92 Å². The van der Waals surface area contributed by atoms with Gasteiger partial charge in [-0.15, -0.1) is 0 Å². The van der Waals surface area contributed by atoms with E-state index in [9.17, 15) is 13.2 Å². The quantitative estimate of drug-likeness (QED) is 0.623.